The minimum Gasteiger partial charge on any atom is 2.00 e. The number of hydrogen-bond acceptors (Lipinski definition) is 0. The first-order valence-corrected chi connectivity index (χ1v) is 18.4. The molecule has 0 atom stereocenters. The smallest absolute Gasteiger partial charge is 2.00 e. The van der Waals surface area contributed by atoms with Crippen molar-refractivity contribution in [2.75, 3.05) is 0 Å². The molecule has 6 heteroatoms. The molecule has 206 valence electrons. The first-order chi connectivity index (χ1) is 19.3. The fraction of sp³-hybridized carbons (Fsp3) is 0.0588. The third-order valence-electron chi connectivity index (χ3n) is 6.14. The molecule has 0 aliphatic heterocycles. The number of allylic oxidation sites excluding steroid dienone is 8. The molecule has 0 saturated heterocycles. The van der Waals surface area contributed by atoms with Crippen LogP contribution in [0, 0.1) is 0 Å². The minimum atomic E-state index is -0.353. The van der Waals surface area contributed by atoms with E-state index in [4.69, 9.17) is 20.2 Å². The van der Waals surface area contributed by atoms with E-state index in [2.05, 4.69) is 158 Å². The van der Waals surface area contributed by atoms with Crippen LogP contribution in [0.5, 0.6) is 0 Å². The van der Waals surface area contributed by atoms with Gasteiger partial charge in [0.15, 0.2) is 0 Å². The summed E-state index contributed by atoms with van der Waals surface area (Å²) in [5.41, 5.74) is 0. The zero-order valence-electron chi connectivity index (χ0n) is 21.7. The predicted molar refractivity (Wildman–Crippen MR) is 174 cm³/mol. The van der Waals surface area contributed by atoms with Gasteiger partial charge in [0.25, 0.3) is 0 Å². The van der Waals surface area contributed by atoms with Crippen molar-refractivity contribution in [2.45, 2.75) is 12.8 Å². The number of benzene rings is 4. The van der Waals surface area contributed by atoms with Crippen molar-refractivity contribution in [3.63, 3.8) is 0 Å². The summed E-state index contributed by atoms with van der Waals surface area (Å²) in [6.07, 6.45) is 15.6. The van der Waals surface area contributed by atoms with Gasteiger partial charge in [0.1, 0.15) is 0 Å². The van der Waals surface area contributed by atoms with E-state index in [9.17, 15) is 0 Å². The van der Waals surface area contributed by atoms with Gasteiger partial charge in [0, 0.05) is 0 Å². The van der Waals surface area contributed by atoms with Gasteiger partial charge in [-0.2, -0.15) is 0 Å². The first-order valence-electron chi connectivity index (χ1n) is 12.7. The molecule has 2 aliphatic rings. The molecule has 0 aromatic heterocycles. The van der Waals surface area contributed by atoms with Gasteiger partial charge in [0.05, 0.1) is 0 Å². The Morgan fingerprint density at radius 2 is 0.700 bits per heavy atom. The molecular formula is C34H30Cl2FeP2Pd+2. The predicted octanol–water partition coefficient (Wildman–Crippen LogP) is 9.30. The van der Waals surface area contributed by atoms with Crippen LogP contribution in [0.1, 0.15) is 12.8 Å². The Bertz CT molecular complexity index is 1210. The van der Waals surface area contributed by atoms with Crippen LogP contribution in [0.25, 0.3) is 0 Å². The average molecular weight is 734 g/mol. The number of halogens is 2. The fourth-order valence-electron chi connectivity index (χ4n) is 4.47. The van der Waals surface area contributed by atoms with Crippen LogP contribution in [0.3, 0.4) is 0 Å². The minimum absolute atomic E-state index is 0. The van der Waals surface area contributed by atoms with Crippen LogP contribution in [0.2, 0.25) is 0 Å². The maximum absolute atomic E-state index is 4.76. The normalized spacial score (nSPS) is 13.1. The van der Waals surface area contributed by atoms with Crippen LogP contribution in [-0.2, 0) is 33.6 Å². The molecule has 4 aromatic rings. The third-order valence-corrected chi connectivity index (χ3v) is 11.2. The maximum atomic E-state index is 4.76. The molecular weight excluding hydrogens is 703 g/mol. The summed E-state index contributed by atoms with van der Waals surface area (Å²) < 4.78 is 0. The van der Waals surface area contributed by atoms with Gasteiger partial charge in [-0.3, -0.25) is 0 Å². The van der Waals surface area contributed by atoms with Crippen LogP contribution in [0.4, 0.5) is 0 Å². The first kappa shape index (κ1) is 33.0. The van der Waals surface area contributed by atoms with Crippen molar-refractivity contribution in [1.82, 2.24) is 0 Å². The van der Waals surface area contributed by atoms with E-state index in [1.807, 2.05) is 0 Å². The Kier molecular flexibility index (Phi) is 15.5. The second-order valence-corrected chi connectivity index (χ2v) is 15.0. The summed E-state index contributed by atoms with van der Waals surface area (Å²) in [6.45, 7) is 0. The number of rotatable bonds is 6. The van der Waals surface area contributed by atoms with Gasteiger partial charge in [-0.1, -0.05) is 158 Å². The molecule has 0 N–H and O–H groups in total. The van der Waals surface area contributed by atoms with E-state index in [0.717, 1.165) is 12.8 Å². The van der Waals surface area contributed by atoms with Crippen molar-refractivity contribution < 1.29 is 33.6 Å². The summed E-state index contributed by atoms with van der Waals surface area (Å²) in [5, 5.41) is 8.84. The summed E-state index contributed by atoms with van der Waals surface area (Å²) in [6, 6.07) is 43.4. The standard InChI is InChI=1S/2C17H15P.2ClH.Fe.Pd/c2*1-3-9-15(10-4-1)18(17-13-7-8-14-17)16-11-5-2-6-12-16;;;;/h2*1-13H,14H2;2*1H;;/q;;;;2*+2/p-2. The second kappa shape index (κ2) is 18.8. The zero-order valence-corrected chi connectivity index (χ0v) is 27.7. The molecule has 0 spiro atoms. The molecule has 0 nitrogen and oxygen atoms in total. The Balaban J connectivity index is 0.000000197. The molecule has 2 aliphatic carbocycles. The van der Waals surface area contributed by atoms with Crippen molar-refractivity contribution in [2.24, 2.45) is 0 Å². The van der Waals surface area contributed by atoms with Gasteiger partial charge in [0.2, 0.25) is 0 Å². The summed E-state index contributed by atoms with van der Waals surface area (Å²) in [4.78, 5) is 0. The summed E-state index contributed by atoms with van der Waals surface area (Å²) >= 11 is 0.194. The molecule has 0 radical (unpaired) electrons. The zero-order chi connectivity index (χ0) is 27.1. The van der Waals surface area contributed by atoms with Gasteiger partial charge in [-0.05, 0) is 60.5 Å². The molecule has 0 fully saturated rings. The van der Waals surface area contributed by atoms with E-state index >= 15 is 0 Å². The monoisotopic (exact) mass is 732 g/mol. The van der Waals surface area contributed by atoms with E-state index < -0.39 is 0 Å². The summed E-state index contributed by atoms with van der Waals surface area (Å²) in [5.74, 6) is 0. The number of hydrogen-bond donors (Lipinski definition) is 0. The summed E-state index contributed by atoms with van der Waals surface area (Å²) in [7, 11) is 8.82. The largest absolute Gasteiger partial charge is 2.00 e. The molecule has 40 heavy (non-hydrogen) atoms. The van der Waals surface area contributed by atoms with E-state index in [-0.39, 0.29) is 49.4 Å². The average Bonchev–Trinajstić information content (AvgIpc) is 3.72. The maximum Gasteiger partial charge on any atom is 2.00 e. The topological polar surface area (TPSA) is 0 Å². The van der Waals surface area contributed by atoms with Gasteiger partial charge in [-0.15, -0.1) is 0 Å². The van der Waals surface area contributed by atoms with E-state index in [1.165, 1.54) is 21.2 Å². The van der Waals surface area contributed by atoms with E-state index in [0.29, 0.717) is 0 Å². The molecule has 0 amide bonds. The van der Waals surface area contributed by atoms with Crippen molar-refractivity contribution >= 4 is 57.3 Å². The molecule has 0 unspecified atom stereocenters. The van der Waals surface area contributed by atoms with Crippen LogP contribution in [-0.4, -0.2) is 0 Å². The van der Waals surface area contributed by atoms with Crippen molar-refractivity contribution in [1.29, 1.82) is 0 Å². The van der Waals surface area contributed by atoms with E-state index in [1.54, 1.807) is 10.6 Å². The Hall–Kier alpha value is -1.54. The SMILES string of the molecule is C1=CCC(P(c2ccccc2)c2ccccc2)=C1.C1=CCC(P(c2ccccc2)c2ccccc2)=C1.[Cl][Fe][Cl].[Pd+2]. The van der Waals surface area contributed by atoms with Crippen LogP contribution in [0.15, 0.2) is 168 Å². The molecule has 4 aromatic carbocycles. The van der Waals surface area contributed by atoms with Crippen molar-refractivity contribution in [3.05, 3.63) is 168 Å². The van der Waals surface area contributed by atoms with Gasteiger partial charge < -0.3 is 0 Å². The van der Waals surface area contributed by atoms with Crippen molar-refractivity contribution in [3.8, 4) is 0 Å². The van der Waals surface area contributed by atoms with Gasteiger partial charge >= 0.3 is 53.8 Å². The van der Waals surface area contributed by atoms with Gasteiger partial charge in [-0.25, -0.2) is 0 Å². The molecule has 6 rings (SSSR count). The molecule has 0 bridgehead atoms. The Labute approximate surface area is 270 Å². The fourth-order valence-corrected chi connectivity index (χ4v) is 9.32. The van der Waals surface area contributed by atoms with Crippen LogP contribution < -0.4 is 21.2 Å². The second-order valence-electron chi connectivity index (χ2n) is 8.64. The van der Waals surface area contributed by atoms with Crippen LogP contribution >= 0.6 is 36.0 Å². The quantitative estimate of drug-likeness (QED) is 0.137. The molecule has 0 heterocycles. The third kappa shape index (κ3) is 9.78. The molecule has 0 saturated carbocycles. The Morgan fingerprint density at radius 1 is 0.450 bits per heavy atom. The Morgan fingerprint density at radius 3 is 0.900 bits per heavy atom.